The van der Waals surface area contributed by atoms with Gasteiger partial charge in [-0.3, -0.25) is 4.79 Å². The highest BCUT2D eigenvalue weighted by atomic mass is 35.5. The van der Waals surface area contributed by atoms with Crippen molar-refractivity contribution in [1.29, 1.82) is 0 Å². The van der Waals surface area contributed by atoms with Gasteiger partial charge in [0.25, 0.3) is 0 Å². The molecule has 1 aromatic carbocycles. The van der Waals surface area contributed by atoms with Crippen LogP contribution in [0, 0.1) is 12.3 Å². The summed E-state index contributed by atoms with van der Waals surface area (Å²) in [6.45, 7) is 4.92. The van der Waals surface area contributed by atoms with Crippen LogP contribution in [0.4, 0.5) is 5.69 Å². The minimum Gasteiger partial charge on any atom is -0.379 e. The number of anilines is 1. The summed E-state index contributed by atoms with van der Waals surface area (Å²) in [5.41, 5.74) is 1.32. The molecule has 1 aliphatic heterocycles. The Morgan fingerprint density at radius 1 is 1.53 bits per heavy atom. The quantitative estimate of drug-likeness (QED) is 0.899. The molecule has 1 fully saturated rings. The number of benzene rings is 1. The van der Waals surface area contributed by atoms with Crippen molar-refractivity contribution in [3.63, 3.8) is 0 Å². The molecule has 0 saturated carbocycles. The Labute approximate surface area is 106 Å². The van der Waals surface area contributed by atoms with Crippen LogP contribution in [0.2, 0.25) is 5.02 Å². The van der Waals surface area contributed by atoms with Crippen LogP contribution in [0.15, 0.2) is 18.2 Å². The van der Waals surface area contributed by atoms with E-state index in [2.05, 4.69) is 5.32 Å². The topological polar surface area (TPSA) is 38.3 Å². The highest BCUT2D eigenvalue weighted by molar-refractivity contribution is 6.31. The SMILES string of the molecule is CCC1(C(=O)Nc2cccc(Cl)c2C)COC1. The lowest BCUT2D eigenvalue weighted by Crippen LogP contribution is -2.51. The van der Waals surface area contributed by atoms with Crippen molar-refractivity contribution in [1.82, 2.24) is 0 Å². The lowest BCUT2D eigenvalue weighted by Gasteiger charge is -2.39. The fraction of sp³-hybridized carbons (Fsp3) is 0.462. The van der Waals surface area contributed by atoms with E-state index in [0.717, 1.165) is 17.7 Å². The molecule has 0 aliphatic carbocycles. The molecule has 0 bridgehead atoms. The van der Waals surface area contributed by atoms with Gasteiger partial charge in [0.05, 0.1) is 18.6 Å². The van der Waals surface area contributed by atoms with Crippen molar-refractivity contribution >= 4 is 23.2 Å². The summed E-state index contributed by atoms with van der Waals surface area (Å²) in [4.78, 5) is 12.2. The molecule has 0 radical (unpaired) electrons. The summed E-state index contributed by atoms with van der Waals surface area (Å²) in [6.07, 6.45) is 0.790. The largest absolute Gasteiger partial charge is 0.379 e. The maximum Gasteiger partial charge on any atom is 0.235 e. The van der Waals surface area contributed by atoms with E-state index in [1.807, 2.05) is 32.0 Å². The number of ether oxygens (including phenoxy) is 1. The number of carbonyl (C=O) groups is 1. The van der Waals surface area contributed by atoms with E-state index in [0.29, 0.717) is 18.2 Å². The van der Waals surface area contributed by atoms with Gasteiger partial charge in [-0.2, -0.15) is 0 Å². The first kappa shape index (κ1) is 12.4. The first-order valence-corrected chi connectivity index (χ1v) is 6.11. The number of rotatable bonds is 3. The maximum atomic E-state index is 12.2. The lowest BCUT2D eigenvalue weighted by atomic mass is 9.82. The predicted octanol–water partition coefficient (Wildman–Crippen LogP) is 3.01. The second-order valence-electron chi connectivity index (χ2n) is 4.49. The van der Waals surface area contributed by atoms with Crippen LogP contribution < -0.4 is 5.32 Å². The van der Waals surface area contributed by atoms with Crippen LogP contribution in [0.5, 0.6) is 0 Å². The van der Waals surface area contributed by atoms with Gasteiger partial charge in [-0.15, -0.1) is 0 Å². The summed E-state index contributed by atoms with van der Waals surface area (Å²) < 4.78 is 5.16. The minimum absolute atomic E-state index is 0.0246. The Kier molecular flexibility index (Phi) is 3.40. The Hall–Kier alpha value is -1.06. The molecule has 0 unspecified atom stereocenters. The molecule has 0 atom stereocenters. The smallest absolute Gasteiger partial charge is 0.235 e. The van der Waals surface area contributed by atoms with Crippen LogP contribution in [-0.4, -0.2) is 19.1 Å². The minimum atomic E-state index is -0.352. The average molecular weight is 254 g/mol. The zero-order chi connectivity index (χ0) is 12.5. The summed E-state index contributed by atoms with van der Waals surface area (Å²) in [5, 5.41) is 3.61. The first-order chi connectivity index (χ1) is 8.09. The number of hydrogen-bond acceptors (Lipinski definition) is 2. The van der Waals surface area contributed by atoms with E-state index >= 15 is 0 Å². The van der Waals surface area contributed by atoms with Crippen LogP contribution >= 0.6 is 11.6 Å². The van der Waals surface area contributed by atoms with Crippen LogP contribution in [0.3, 0.4) is 0 Å². The maximum absolute atomic E-state index is 12.2. The molecule has 17 heavy (non-hydrogen) atoms. The van der Waals surface area contributed by atoms with E-state index in [4.69, 9.17) is 16.3 Å². The van der Waals surface area contributed by atoms with Gasteiger partial charge in [-0.1, -0.05) is 24.6 Å². The number of hydrogen-bond donors (Lipinski definition) is 1. The van der Waals surface area contributed by atoms with Gasteiger partial charge >= 0.3 is 0 Å². The van der Waals surface area contributed by atoms with Crippen LogP contribution in [0.25, 0.3) is 0 Å². The van der Waals surface area contributed by atoms with Gasteiger partial charge in [0.15, 0.2) is 0 Å². The second kappa shape index (κ2) is 4.67. The van der Waals surface area contributed by atoms with Gasteiger partial charge < -0.3 is 10.1 Å². The summed E-state index contributed by atoms with van der Waals surface area (Å²) in [7, 11) is 0. The van der Waals surface area contributed by atoms with Crippen molar-refractivity contribution in [2.45, 2.75) is 20.3 Å². The van der Waals surface area contributed by atoms with E-state index in [-0.39, 0.29) is 11.3 Å². The highest BCUT2D eigenvalue weighted by Gasteiger charge is 2.44. The molecule has 1 saturated heterocycles. The van der Waals surface area contributed by atoms with Crippen molar-refractivity contribution in [3.05, 3.63) is 28.8 Å². The molecule has 1 aliphatic rings. The Morgan fingerprint density at radius 3 is 2.76 bits per heavy atom. The van der Waals surface area contributed by atoms with E-state index in [1.165, 1.54) is 0 Å². The number of carbonyl (C=O) groups excluding carboxylic acids is 1. The van der Waals surface area contributed by atoms with E-state index in [1.54, 1.807) is 0 Å². The average Bonchev–Trinajstić information content (AvgIpc) is 2.24. The molecule has 4 heteroatoms. The third-order valence-electron chi connectivity index (χ3n) is 3.43. The molecule has 92 valence electrons. The van der Waals surface area contributed by atoms with Crippen molar-refractivity contribution in [2.75, 3.05) is 18.5 Å². The van der Waals surface area contributed by atoms with Gasteiger partial charge in [0.2, 0.25) is 5.91 Å². The van der Waals surface area contributed by atoms with Gasteiger partial charge in [-0.25, -0.2) is 0 Å². The fourth-order valence-electron chi connectivity index (χ4n) is 1.84. The third-order valence-corrected chi connectivity index (χ3v) is 3.84. The molecule has 1 aromatic rings. The Bertz CT molecular complexity index is 436. The molecule has 2 rings (SSSR count). The molecule has 3 nitrogen and oxygen atoms in total. The number of halogens is 1. The van der Waals surface area contributed by atoms with Crippen molar-refractivity contribution in [3.8, 4) is 0 Å². The van der Waals surface area contributed by atoms with E-state index in [9.17, 15) is 4.79 Å². The summed E-state index contributed by atoms with van der Waals surface area (Å²) in [6, 6.07) is 5.51. The molecule has 1 heterocycles. The van der Waals surface area contributed by atoms with Gasteiger partial charge in [0, 0.05) is 10.7 Å². The molecular weight excluding hydrogens is 238 g/mol. The second-order valence-corrected chi connectivity index (χ2v) is 4.90. The third kappa shape index (κ3) is 2.17. The molecule has 0 spiro atoms. The lowest BCUT2D eigenvalue weighted by molar-refractivity contribution is -0.156. The molecular formula is C13H16ClNO2. The highest BCUT2D eigenvalue weighted by Crippen LogP contribution is 2.33. The van der Waals surface area contributed by atoms with Crippen LogP contribution in [-0.2, 0) is 9.53 Å². The Morgan fingerprint density at radius 2 is 2.24 bits per heavy atom. The molecule has 0 aromatic heterocycles. The number of amides is 1. The predicted molar refractivity (Wildman–Crippen MR) is 68.4 cm³/mol. The van der Waals surface area contributed by atoms with Crippen molar-refractivity contribution < 1.29 is 9.53 Å². The fourth-order valence-corrected chi connectivity index (χ4v) is 2.02. The zero-order valence-corrected chi connectivity index (χ0v) is 10.8. The van der Waals surface area contributed by atoms with Crippen molar-refractivity contribution in [2.24, 2.45) is 5.41 Å². The Balaban J connectivity index is 2.16. The standard InChI is InChI=1S/C13H16ClNO2/c1-3-13(7-17-8-13)12(16)15-11-6-4-5-10(14)9(11)2/h4-6H,3,7-8H2,1-2H3,(H,15,16). The summed E-state index contributed by atoms with van der Waals surface area (Å²) >= 11 is 6.02. The zero-order valence-electron chi connectivity index (χ0n) is 10.0. The first-order valence-electron chi connectivity index (χ1n) is 5.73. The number of nitrogens with one attached hydrogen (secondary N) is 1. The normalized spacial score (nSPS) is 17.4. The summed E-state index contributed by atoms with van der Waals surface area (Å²) in [5.74, 6) is 0.0246. The van der Waals surface area contributed by atoms with Gasteiger partial charge in [-0.05, 0) is 31.0 Å². The van der Waals surface area contributed by atoms with Crippen LogP contribution in [0.1, 0.15) is 18.9 Å². The van der Waals surface area contributed by atoms with E-state index < -0.39 is 0 Å². The monoisotopic (exact) mass is 253 g/mol. The van der Waals surface area contributed by atoms with Gasteiger partial charge in [0.1, 0.15) is 0 Å². The molecule has 1 N–H and O–H groups in total. The molecule has 1 amide bonds.